The highest BCUT2D eigenvalue weighted by atomic mass is 16.5. The normalized spacial score (nSPS) is 15.5. The third-order valence-electron chi connectivity index (χ3n) is 9.18. The van der Waals surface area contributed by atoms with Gasteiger partial charge in [0.2, 0.25) is 0 Å². The number of likely N-dealkylation sites (tertiary alicyclic amines) is 1. The SMILES string of the molecule is CC.CCC(=O)CCCCCCc1ncc(-c2cc3ccc(=O)n(C)c3cc2OC)[nH]1.N=C(CC1(O)CCN(CC2CC2)CC1)C(N)=O. The number of rotatable bonds is 15. The number of aryl methyl sites for hydroxylation is 2. The fourth-order valence-corrected chi connectivity index (χ4v) is 5.96. The molecule has 1 saturated heterocycles. The number of imidazole rings is 1. The maximum absolute atomic E-state index is 11.9. The topological polar surface area (TPSA) is 167 Å². The smallest absolute Gasteiger partial charge is 0.262 e. The van der Waals surface area contributed by atoms with Gasteiger partial charge in [-0.2, -0.15) is 0 Å². The minimum absolute atomic E-state index is 0.0461. The number of carbonyl (C=O) groups excluding carboxylic acids is 2. The van der Waals surface area contributed by atoms with E-state index in [0.717, 1.165) is 85.6 Å². The Bertz CT molecular complexity index is 1570. The molecule has 5 rings (SSSR count). The van der Waals surface area contributed by atoms with E-state index < -0.39 is 11.5 Å². The van der Waals surface area contributed by atoms with Gasteiger partial charge in [-0.3, -0.25) is 19.8 Å². The van der Waals surface area contributed by atoms with Crippen LogP contribution in [-0.4, -0.2) is 74.3 Å². The van der Waals surface area contributed by atoms with Gasteiger partial charge in [-0.15, -0.1) is 0 Å². The monoisotopic (exact) mass is 664 g/mol. The van der Waals surface area contributed by atoms with Gasteiger partial charge >= 0.3 is 0 Å². The number of aromatic amines is 1. The van der Waals surface area contributed by atoms with Crippen LogP contribution >= 0.6 is 0 Å². The van der Waals surface area contributed by atoms with Crippen LogP contribution in [0.4, 0.5) is 0 Å². The number of nitrogens with two attached hydrogens (primary N) is 1. The lowest BCUT2D eigenvalue weighted by Crippen LogP contribution is -2.47. The molecule has 11 heteroatoms. The summed E-state index contributed by atoms with van der Waals surface area (Å²) in [5.41, 5.74) is 6.58. The van der Waals surface area contributed by atoms with E-state index in [4.69, 9.17) is 15.9 Å². The second-order valence-electron chi connectivity index (χ2n) is 12.9. The number of nitrogens with one attached hydrogen (secondary N) is 2. The lowest BCUT2D eigenvalue weighted by Gasteiger charge is -2.38. The molecule has 2 aliphatic rings. The number of nitrogens with zero attached hydrogens (tertiary/aromatic N) is 3. The second kappa shape index (κ2) is 18.6. The van der Waals surface area contributed by atoms with Gasteiger partial charge in [0.05, 0.1) is 35.8 Å². The van der Waals surface area contributed by atoms with E-state index in [1.54, 1.807) is 24.8 Å². The number of Topliss-reactive ketones (excluding diaryl/α,β-unsaturated/α-hetero) is 1. The highest BCUT2D eigenvalue weighted by Crippen LogP contribution is 2.34. The predicted octanol–water partition coefficient (Wildman–Crippen LogP) is 5.55. The van der Waals surface area contributed by atoms with Crippen LogP contribution in [0.3, 0.4) is 0 Å². The molecular formula is C37H56N6O5. The second-order valence-corrected chi connectivity index (χ2v) is 12.9. The summed E-state index contributed by atoms with van der Waals surface area (Å²) in [6.45, 7) is 8.78. The van der Waals surface area contributed by atoms with Crippen molar-refractivity contribution in [3.8, 4) is 17.0 Å². The molecule has 2 aromatic heterocycles. The zero-order valence-electron chi connectivity index (χ0n) is 29.6. The average Bonchev–Trinajstić information content (AvgIpc) is 3.79. The molecule has 1 aliphatic carbocycles. The summed E-state index contributed by atoms with van der Waals surface area (Å²) in [6, 6.07) is 7.33. The number of fused-ring (bicyclic) bond motifs is 1. The lowest BCUT2D eigenvalue weighted by atomic mass is 9.86. The Labute approximate surface area is 284 Å². The van der Waals surface area contributed by atoms with Crippen molar-refractivity contribution in [1.82, 2.24) is 19.4 Å². The standard InChI is InChI=1S/C23H29N3O3.C12H21N3O2.C2H6/c1-4-17(27)9-7-5-6-8-10-22-24-15-19(25-22)18-13-16-11-12-23(28)26(2)20(16)14-21(18)29-3;13-10(11(14)16)7-12(17)3-5-15(6-4-12)8-9-1-2-9;1-2/h11-15H,4-10H2,1-3H3,(H,24,25);9,13,17H,1-8H2,(H2,14,16);1-2H3. The number of hydrogen-bond acceptors (Lipinski definition) is 8. The Hall–Kier alpha value is -3.83. The van der Waals surface area contributed by atoms with Crippen LogP contribution in [0.2, 0.25) is 0 Å². The minimum Gasteiger partial charge on any atom is -0.496 e. The Morgan fingerprint density at radius 2 is 1.81 bits per heavy atom. The first-order chi connectivity index (χ1) is 23.0. The van der Waals surface area contributed by atoms with Crippen molar-refractivity contribution in [1.29, 1.82) is 5.41 Å². The molecule has 1 aromatic carbocycles. The highest BCUT2D eigenvalue weighted by molar-refractivity contribution is 6.37. The van der Waals surface area contributed by atoms with Crippen LogP contribution in [0, 0.1) is 11.3 Å². The fraction of sp³-hybridized carbons (Fsp3) is 0.595. The van der Waals surface area contributed by atoms with Crippen molar-refractivity contribution >= 4 is 28.3 Å². The molecule has 1 saturated carbocycles. The number of pyridine rings is 1. The number of unbranched alkanes of at least 4 members (excludes halogenated alkanes) is 3. The van der Waals surface area contributed by atoms with E-state index in [9.17, 15) is 19.5 Å². The van der Waals surface area contributed by atoms with Crippen LogP contribution in [0.15, 0.2) is 35.3 Å². The van der Waals surface area contributed by atoms with Gasteiger partial charge in [0, 0.05) is 70.1 Å². The number of methoxy groups -OCH3 is 1. The van der Waals surface area contributed by atoms with Crippen LogP contribution in [0.25, 0.3) is 22.2 Å². The number of ether oxygens (including phenoxy) is 1. The number of ketones is 1. The van der Waals surface area contributed by atoms with Gasteiger partial charge in [-0.05, 0) is 62.0 Å². The van der Waals surface area contributed by atoms with Crippen LogP contribution < -0.4 is 16.0 Å². The summed E-state index contributed by atoms with van der Waals surface area (Å²) in [4.78, 5) is 44.3. The summed E-state index contributed by atoms with van der Waals surface area (Å²) in [7, 11) is 3.39. The van der Waals surface area contributed by atoms with E-state index in [1.165, 1.54) is 12.8 Å². The molecule has 48 heavy (non-hydrogen) atoms. The summed E-state index contributed by atoms with van der Waals surface area (Å²) >= 11 is 0. The molecule has 0 atom stereocenters. The molecule has 0 unspecified atom stereocenters. The Balaban J connectivity index is 0.000000279. The Kier molecular flexibility index (Phi) is 15.0. The molecule has 2 fully saturated rings. The van der Waals surface area contributed by atoms with Gasteiger partial charge in [-0.25, -0.2) is 4.98 Å². The number of primary amides is 1. The van der Waals surface area contributed by atoms with Crippen molar-refractivity contribution in [3.05, 3.63) is 46.6 Å². The summed E-state index contributed by atoms with van der Waals surface area (Å²) in [5.74, 6) is 2.15. The van der Waals surface area contributed by atoms with Crippen LogP contribution in [0.1, 0.15) is 97.2 Å². The maximum atomic E-state index is 11.9. The molecular weight excluding hydrogens is 608 g/mol. The fourth-order valence-electron chi connectivity index (χ4n) is 5.96. The molecule has 264 valence electrons. The van der Waals surface area contributed by atoms with E-state index in [0.29, 0.717) is 37.2 Å². The molecule has 0 spiro atoms. The number of H-pyrrole nitrogens is 1. The summed E-state index contributed by atoms with van der Waals surface area (Å²) in [5, 5.41) is 18.7. The highest BCUT2D eigenvalue weighted by Gasteiger charge is 2.35. The molecule has 11 nitrogen and oxygen atoms in total. The average molecular weight is 665 g/mol. The van der Waals surface area contributed by atoms with E-state index in [-0.39, 0.29) is 17.7 Å². The zero-order chi connectivity index (χ0) is 35.3. The number of benzene rings is 1. The van der Waals surface area contributed by atoms with Crippen molar-refractivity contribution < 1.29 is 19.4 Å². The van der Waals surface area contributed by atoms with E-state index >= 15 is 0 Å². The molecule has 3 aromatic rings. The van der Waals surface area contributed by atoms with Gasteiger partial charge in [0.1, 0.15) is 17.4 Å². The van der Waals surface area contributed by atoms with Gasteiger partial charge in [0.15, 0.2) is 0 Å². The summed E-state index contributed by atoms with van der Waals surface area (Å²) in [6.07, 6.45) is 12.3. The number of amides is 1. The van der Waals surface area contributed by atoms with Crippen molar-refractivity contribution in [2.24, 2.45) is 18.7 Å². The van der Waals surface area contributed by atoms with Gasteiger partial charge in [-0.1, -0.05) is 33.6 Å². The zero-order valence-corrected chi connectivity index (χ0v) is 29.6. The van der Waals surface area contributed by atoms with E-state index in [2.05, 4.69) is 14.9 Å². The first-order valence-corrected chi connectivity index (χ1v) is 17.6. The summed E-state index contributed by atoms with van der Waals surface area (Å²) < 4.78 is 7.19. The molecule has 0 radical (unpaired) electrons. The van der Waals surface area contributed by atoms with Crippen LogP contribution in [-0.2, 0) is 23.1 Å². The maximum Gasteiger partial charge on any atom is 0.262 e. The number of carbonyl (C=O) groups is 2. The number of piperidine rings is 1. The third kappa shape index (κ3) is 11.4. The van der Waals surface area contributed by atoms with Gasteiger partial charge < -0.3 is 30.0 Å². The first-order valence-electron chi connectivity index (χ1n) is 17.6. The van der Waals surface area contributed by atoms with Crippen molar-refractivity contribution in [2.75, 3.05) is 26.7 Å². The minimum atomic E-state index is -0.897. The van der Waals surface area contributed by atoms with Crippen molar-refractivity contribution in [2.45, 2.75) is 103 Å². The van der Waals surface area contributed by atoms with Crippen LogP contribution in [0.5, 0.6) is 5.75 Å². The predicted molar refractivity (Wildman–Crippen MR) is 192 cm³/mol. The molecule has 1 aliphatic heterocycles. The number of hydrogen-bond donors (Lipinski definition) is 4. The first kappa shape index (κ1) is 38.6. The Morgan fingerprint density at radius 1 is 1.12 bits per heavy atom. The largest absolute Gasteiger partial charge is 0.496 e. The third-order valence-corrected chi connectivity index (χ3v) is 9.18. The quantitative estimate of drug-likeness (QED) is 0.122. The van der Waals surface area contributed by atoms with E-state index in [1.807, 2.05) is 45.2 Å². The molecule has 1 amide bonds. The molecule has 0 bridgehead atoms. The molecule has 5 N–H and O–H groups in total. The Morgan fingerprint density at radius 3 is 2.44 bits per heavy atom. The number of aliphatic hydroxyl groups is 1. The van der Waals surface area contributed by atoms with Crippen molar-refractivity contribution in [3.63, 3.8) is 0 Å². The lowest BCUT2D eigenvalue weighted by molar-refractivity contribution is -0.118. The number of aromatic nitrogens is 3. The molecule has 3 heterocycles. The van der Waals surface area contributed by atoms with Gasteiger partial charge in [0.25, 0.3) is 11.5 Å².